The second-order valence-electron chi connectivity index (χ2n) is 6.68. The number of hydrogen-bond acceptors (Lipinski definition) is 4. The van der Waals surface area contributed by atoms with Gasteiger partial charge >= 0.3 is 0 Å². The molecule has 2 aromatic rings. The molecular formula is C18H14Cl2N4. The summed E-state index contributed by atoms with van der Waals surface area (Å²) in [6.07, 6.45) is 3.37. The summed E-state index contributed by atoms with van der Waals surface area (Å²) in [6, 6.07) is 11.4. The third kappa shape index (κ3) is 2.20. The van der Waals surface area contributed by atoms with E-state index in [4.69, 9.17) is 43.2 Å². The van der Waals surface area contributed by atoms with Gasteiger partial charge in [0.25, 0.3) is 0 Å². The predicted molar refractivity (Wildman–Crippen MR) is 91.5 cm³/mol. The van der Waals surface area contributed by atoms with E-state index in [-0.39, 0.29) is 11.3 Å². The molecule has 4 nitrogen and oxygen atoms in total. The molecule has 0 saturated heterocycles. The minimum Gasteiger partial charge on any atom is -0.253 e. The van der Waals surface area contributed by atoms with Crippen molar-refractivity contribution in [2.24, 2.45) is 20.0 Å². The lowest BCUT2D eigenvalue weighted by Gasteiger charge is -2.36. The summed E-state index contributed by atoms with van der Waals surface area (Å²) in [5, 5.41) is 5.06. The van der Waals surface area contributed by atoms with Crippen molar-refractivity contribution in [3.8, 4) is 0 Å². The van der Waals surface area contributed by atoms with E-state index in [9.17, 15) is 0 Å². The molecule has 0 N–H and O–H groups in total. The molecule has 5 rings (SSSR count). The molecule has 1 fully saturated rings. The maximum Gasteiger partial charge on any atom is 0.151 e. The Hall–Kier alpha value is -1.78. The number of rotatable bonds is 0. The van der Waals surface area contributed by atoms with Crippen LogP contribution in [0.1, 0.15) is 25.7 Å². The highest BCUT2D eigenvalue weighted by atomic mass is 35.5. The van der Waals surface area contributed by atoms with Crippen LogP contribution in [-0.2, 0) is 0 Å². The van der Waals surface area contributed by atoms with Gasteiger partial charge in [-0.15, -0.1) is 0 Å². The van der Waals surface area contributed by atoms with Crippen molar-refractivity contribution in [3.63, 3.8) is 0 Å². The molecular weight excluding hydrogens is 343 g/mol. The van der Waals surface area contributed by atoms with Crippen LogP contribution in [0.5, 0.6) is 0 Å². The van der Waals surface area contributed by atoms with E-state index in [0.717, 1.165) is 47.1 Å². The van der Waals surface area contributed by atoms with Crippen molar-refractivity contribution in [1.29, 1.82) is 0 Å². The quantitative estimate of drug-likeness (QED) is 0.694. The van der Waals surface area contributed by atoms with Crippen LogP contribution >= 0.6 is 23.2 Å². The third-order valence-electron chi connectivity index (χ3n) is 5.04. The van der Waals surface area contributed by atoms with Gasteiger partial charge in [0.15, 0.2) is 11.3 Å². The number of nitrogens with zero attached hydrogens (tertiary/aromatic N) is 4. The second-order valence-corrected chi connectivity index (χ2v) is 7.55. The summed E-state index contributed by atoms with van der Waals surface area (Å²) >= 11 is 12.1. The van der Waals surface area contributed by atoms with E-state index in [0.29, 0.717) is 10.0 Å². The first-order chi connectivity index (χ1) is 11.5. The number of hydrogen-bond donors (Lipinski definition) is 0. The molecule has 0 amide bonds. The molecule has 0 unspecified atom stereocenters. The lowest BCUT2D eigenvalue weighted by molar-refractivity contribution is 0.215. The van der Waals surface area contributed by atoms with Crippen LogP contribution in [0.25, 0.3) is 0 Å². The van der Waals surface area contributed by atoms with Crippen LogP contribution in [0.2, 0.25) is 10.0 Å². The Balaban J connectivity index is 1.49. The molecule has 1 saturated carbocycles. The van der Waals surface area contributed by atoms with Gasteiger partial charge in [-0.3, -0.25) is 20.0 Å². The SMILES string of the molecule is Clc1ccc2c(c1)=NC1(CCC3(CC1)N=c1ccc(Cl)cc1=N3)N=2. The Morgan fingerprint density at radius 1 is 0.583 bits per heavy atom. The molecule has 6 heteroatoms. The zero-order valence-electron chi connectivity index (χ0n) is 12.8. The Morgan fingerprint density at radius 3 is 1.38 bits per heavy atom. The first-order valence-corrected chi connectivity index (χ1v) is 8.81. The fraction of sp³-hybridized carbons (Fsp3) is 0.333. The van der Waals surface area contributed by atoms with Gasteiger partial charge in [-0.05, 0) is 62.1 Å². The van der Waals surface area contributed by atoms with Crippen LogP contribution in [0, 0.1) is 0 Å². The van der Waals surface area contributed by atoms with Crippen LogP contribution < -0.4 is 21.4 Å². The van der Waals surface area contributed by atoms with Crippen molar-refractivity contribution in [2.75, 3.05) is 0 Å². The summed E-state index contributed by atoms with van der Waals surface area (Å²) in [5.74, 6) is 0. The fourth-order valence-electron chi connectivity index (χ4n) is 3.81. The normalized spacial score (nSPS) is 29.4. The summed E-state index contributed by atoms with van der Waals surface area (Å²) in [7, 11) is 0. The molecule has 120 valence electrons. The molecule has 1 aliphatic carbocycles. The van der Waals surface area contributed by atoms with Crippen LogP contribution in [0.15, 0.2) is 56.4 Å². The van der Waals surface area contributed by atoms with Crippen LogP contribution in [0.4, 0.5) is 0 Å². The molecule has 0 radical (unpaired) electrons. The van der Waals surface area contributed by atoms with Crippen molar-refractivity contribution in [3.05, 3.63) is 67.9 Å². The van der Waals surface area contributed by atoms with Gasteiger partial charge in [0.1, 0.15) is 0 Å². The van der Waals surface area contributed by atoms with Crippen molar-refractivity contribution in [2.45, 2.75) is 37.0 Å². The Labute approximate surface area is 148 Å². The lowest BCUT2D eigenvalue weighted by atomic mass is 9.83. The van der Waals surface area contributed by atoms with Crippen LogP contribution in [0.3, 0.4) is 0 Å². The van der Waals surface area contributed by atoms with E-state index < -0.39 is 0 Å². The van der Waals surface area contributed by atoms with Crippen molar-refractivity contribution < 1.29 is 0 Å². The van der Waals surface area contributed by atoms with Gasteiger partial charge in [-0.2, -0.15) is 0 Å². The van der Waals surface area contributed by atoms with Crippen molar-refractivity contribution in [1.82, 2.24) is 0 Å². The summed E-state index contributed by atoms with van der Waals surface area (Å²) in [6.45, 7) is 0. The standard InChI is InChI=1S/C18H14Cl2N4/c19-11-1-3-13-15(9-11)23-17(21-13)5-7-18(8-6-17)22-14-4-2-12(20)10-16(14)24-18/h1-4,9-10H,5-8H2. The molecule has 3 aliphatic rings. The smallest absolute Gasteiger partial charge is 0.151 e. The molecule has 2 spiro atoms. The Kier molecular flexibility index (Phi) is 2.95. The highest BCUT2D eigenvalue weighted by Gasteiger charge is 2.44. The molecule has 2 aromatic carbocycles. The summed E-state index contributed by atoms with van der Waals surface area (Å²) in [5.41, 5.74) is -0.731. The largest absolute Gasteiger partial charge is 0.253 e. The Bertz CT molecular complexity index is 1010. The van der Waals surface area contributed by atoms with Gasteiger partial charge < -0.3 is 0 Å². The van der Waals surface area contributed by atoms with Gasteiger partial charge in [0.05, 0.1) is 21.4 Å². The number of halogens is 2. The zero-order valence-corrected chi connectivity index (χ0v) is 14.3. The average Bonchev–Trinajstić information content (AvgIpc) is 3.08. The predicted octanol–water partition coefficient (Wildman–Crippen LogP) is 2.17. The third-order valence-corrected chi connectivity index (χ3v) is 5.51. The molecule has 2 aliphatic heterocycles. The fourth-order valence-corrected chi connectivity index (χ4v) is 4.14. The monoisotopic (exact) mass is 356 g/mol. The van der Waals surface area contributed by atoms with Gasteiger partial charge in [0, 0.05) is 10.0 Å². The molecule has 0 bridgehead atoms. The van der Waals surface area contributed by atoms with Gasteiger partial charge in [-0.1, -0.05) is 23.2 Å². The molecule has 0 aromatic heterocycles. The van der Waals surface area contributed by atoms with E-state index >= 15 is 0 Å². The minimum atomic E-state index is -0.365. The van der Waals surface area contributed by atoms with Crippen molar-refractivity contribution >= 4 is 23.2 Å². The van der Waals surface area contributed by atoms with E-state index in [1.807, 2.05) is 36.4 Å². The van der Waals surface area contributed by atoms with E-state index in [2.05, 4.69) is 0 Å². The lowest BCUT2D eigenvalue weighted by Crippen LogP contribution is -2.38. The van der Waals surface area contributed by atoms with Gasteiger partial charge in [-0.25, -0.2) is 0 Å². The number of fused-ring (bicyclic) bond motifs is 2. The molecule has 2 heterocycles. The second kappa shape index (κ2) is 4.87. The summed E-state index contributed by atoms with van der Waals surface area (Å²) < 4.78 is 0. The summed E-state index contributed by atoms with van der Waals surface area (Å²) in [4.78, 5) is 19.5. The van der Waals surface area contributed by atoms with E-state index in [1.54, 1.807) is 0 Å². The zero-order chi connectivity index (χ0) is 16.4. The van der Waals surface area contributed by atoms with E-state index in [1.165, 1.54) is 0 Å². The number of benzene rings is 2. The average molecular weight is 357 g/mol. The van der Waals surface area contributed by atoms with Crippen LogP contribution in [-0.4, -0.2) is 11.3 Å². The maximum absolute atomic E-state index is 6.07. The first-order valence-electron chi connectivity index (χ1n) is 8.06. The highest BCUT2D eigenvalue weighted by molar-refractivity contribution is 6.30. The highest BCUT2D eigenvalue weighted by Crippen LogP contribution is 2.41. The first kappa shape index (κ1) is 14.6. The maximum atomic E-state index is 6.07. The topological polar surface area (TPSA) is 49.4 Å². The minimum absolute atomic E-state index is 0.365. The molecule has 0 atom stereocenters. The molecule has 24 heavy (non-hydrogen) atoms. The van der Waals surface area contributed by atoms with Gasteiger partial charge in [0.2, 0.25) is 0 Å². The Morgan fingerprint density at radius 2 is 0.958 bits per heavy atom.